The monoisotopic (exact) mass is 393 g/mol. The fourth-order valence-corrected chi connectivity index (χ4v) is 1.82. The van der Waals surface area contributed by atoms with Gasteiger partial charge < -0.3 is 4.42 Å². The number of fused-ring (bicyclic) bond motifs is 1. The van der Waals surface area contributed by atoms with Crippen LogP contribution in [0, 0.1) is 0 Å². The normalized spacial score (nSPS) is 14.2. The van der Waals surface area contributed by atoms with Crippen LogP contribution in [-0.2, 0) is 0 Å². The zero-order valence-electron chi connectivity index (χ0n) is 11.5. The average molecular weight is 394 g/mol. The van der Waals surface area contributed by atoms with Crippen LogP contribution in [-0.4, -0.2) is 23.0 Å². The highest BCUT2D eigenvalue weighted by Crippen LogP contribution is 2.50. The molecule has 0 fully saturated rings. The maximum atomic E-state index is 13.4. The van der Waals surface area contributed by atoms with Gasteiger partial charge in [0.1, 0.15) is 0 Å². The van der Waals surface area contributed by atoms with Crippen molar-refractivity contribution in [1.82, 2.24) is 4.98 Å². The van der Waals surface area contributed by atoms with Crippen molar-refractivity contribution >= 4 is 28.6 Å². The number of hydrogen-bond donors (Lipinski definition) is 0. The third kappa shape index (κ3) is 3.32. The summed E-state index contributed by atoms with van der Waals surface area (Å²) in [6.07, 6.45) is -7.24. The topological polar surface area (TPSA) is 43.1 Å². The van der Waals surface area contributed by atoms with Gasteiger partial charge in [-0.05, 0) is 18.2 Å². The molecule has 0 saturated heterocycles. The van der Waals surface area contributed by atoms with E-state index in [0.29, 0.717) is 0 Å². The van der Waals surface area contributed by atoms with Gasteiger partial charge in [-0.1, -0.05) is 11.6 Å². The van der Waals surface area contributed by atoms with Crippen LogP contribution in [0.25, 0.3) is 17.0 Å². The minimum absolute atomic E-state index is 0.0370. The highest BCUT2D eigenvalue weighted by atomic mass is 35.5. The molecule has 2 aromatic rings. The Kier molecular flexibility index (Phi) is 4.58. The van der Waals surface area contributed by atoms with E-state index in [0.717, 1.165) is 12.1 Å². The molecular weight excluding hydrogens is 390 g/mol. The molecule has 0 aliphatic heterocycles. The van der Waals surface area contributed by atoms with Gasteiger partial charge in [0.25, 0.3) is 0 Å². The van der Waals surface area contributed by atoms with Gasteiger partial charge in [0.2, 0.25) is 5.89 Å². The van der Waals surface area contributed by atoms with Crippen molar-refractivity contribution in [1.29, 1.82) is 0 Å². The van der Waals surface area contributed by atoms with Crippen LogP contribution < -0.4 is 5.63 Å². The van der Waals surface area contributed by atoms with Crippen molar-refractivity contribution in [3.8, 4) is 0 Å². The van der Waals surface area contributed by atoms with Crippen molar-refractivity contribution in [3.63, 3.8) is 0 Å². The highest BCUT2D eigenvalue weighted by molar-refractivity contribution is 6.31. The molecule has 0 atom stereocenters. The molecule has 136 valence electrons. The van der Waals surface area contributed by atoms with Crippen molar-refractivity contribution in [2.24, 2.45) is 0 Å². The molecule has 0 aliphatic carbocycles. The second-order valence-electron chi connectivity index (χ2n) is 4.64. The van der Waals surface area contributed by atoms with E-state index in [2.05, 4.69) is 9.40 Å². The van der Waals surface area contributed by atoms with Crippen LogP contribution >= 0.6 is 11.6 Å². The maximum Gasteiger partial charge on any atom is 0.460 e. The Balaban J connectivity index is 2.56. The molecule has 1 heterocycles. The molecule has 0 N–H and O–H groups in total. The summed E-state index contributed by atoms with van der Waals surface area (Å²) in [6.45, 7) is 0. The fourth-order valence-electron chi connectivity index (χ4n) is 1.65. The van der Waals surface area contributed by atoms with Crippen molar-refractivity contribution in [2.45, 2.75) is 18.0 Å². The van der Waals surface area contributed by atoms with Crippen LogP contribution in [0.15, 0.2) is 33.2 Å². The Labute approximate surface area is 137 Å². The van der Waals surface area contributed by atoms with Gasteiger partial charge in [-0.2, -0.15) is 30.7 Å². The molecule has 25 heavy (non-hydrogen) atoms. The van der Waals surface area contributed by atoms with E-state index in [9.17, 15) is 39.9 Å². The lowest BCUT2D eigenvalue weighted by molar-refractivity contribution is -0.347. The molecule has 1 aromatic heterocycles. The third-order valence-electron chi connectivity index (χ3n) is 2.91. The van der Waals surface area contributed by atoms with Crippen LogP contribution in [0.5, 0.6) is 0 Å². The molecule has 1 aromatic carbocycles. The van der Waals surface area contributed by atoms with E-state index in [1.165, 1.54) is 6.07 Å². The first-order chi connectivity index (χ1) is 11.3. The number of allylic oxidation sites excluding steroid dienone is 1. The number of rotatable bonds is 3. The van der Waals surface area contributed by atoms with Crippen LogP contribution in [0.2, 0.25) is 5.02 Å². The van der Waals surface area contributed by atoms with E-state index in [-0.39, 0.29) is 15.9 Å². The predicted octanol–water partition coefficient (Wildman–Crippen LogP) is 4.98. The summed E-state index contributed by atoms with van der Waals surface area (Å²) in [5.41, 5.74) is -1.49. The first-order valence-corrected chi connectivity index (χ1v) is 6.45. The Bertz CT molecular complexity index is 903. The van der Waals surface area contributed by atoms with E-state index < -0.39 is 41.4 Å². The van der Waals surface area contributed by atoms with Gasteiger partial charge in [0.15, 0.2) is 5.83 Å². The van der Waals surface area contributed by atoms with Gasteiger partial charge in [-0.15, -0.1) is 0 Å². The molecule has 0 spiro atoms. The summed E-state index contributed by atoms with van der Waals surface area (Å²) in [5.74, 6) is -17.4. The van der Waals surface area contributed by atoms with Gasteiger partial charge in [0.05, 0.1) is 10.9 Å². The minimum atomic E-state index is -6.72. The van der Waals surface area contributed by atoms with E-state index >= 15 is 0 Å². The Morgan fingerprint density at radius 2 is 1.72 bits per heavy atom. The number of aromatic nitrogens is 1. The second-order valence-corrected chi connectivity index (χ2v) is 5.08. The summed E-state index contributed by atoms with van der Waals surface area (Å²) in [5, 5.41) is -0.163. The SMILES string of the molecule is O=c1oc(/C=C(\F)C(F)(F)C(F)(F)C(F)(F)F)nc2cc(Cl)ccc12. The lowest BCUT2D eigenvalue weighted by atomic mass is 10.1. The molecule has 0 bridgehead atoms. The lowest BCUT2D eigenvalue weighted by Crippen LogP contribution is -2.52. The first kappa shape index (κ1) is 19.2. The second kappa shape index (κ2) is 5.97. The van der Waals surface area contributed by atoms with Gasteiger partial charge >= 0.3 is 23.6 Å². The standard InChI is InChI=1S/C13H4ClF8NO2/c14-5-1-2-6-7(3-5)23-9(25-10(6)24)4-8(15)11(16,17)12(18,19)13(20,21)22/h1-4H/b8-4-. The van der Waals surface area contributed by atoms with E-state index in [4.69, 9.17) is 11.6 Å². The Hall–Kier alpha value is -2.17. The van der Waals surface area contributed by atoms with Gasteiger partial charge in [-0.3, -0.25) is 0 Å². The summed E-state index contributed by atoms with van der Waals surface area (Å²) in [7, 11) is 0. The largest absolute Gasteiger partial charge is 0.460 e. The molecule has 12 heteroatoms. The zero-order valence-corrected chi connectivity index (χ0v) is 12.2. The smallest absolute Gasteiger partial charge is 0.404 e. The van der Waals surface area contributed by atoms with Crippen LogP contribution in [0.1, 0.15) is 5.89 Å². The number of hydrogen-bond acceptors (Lipinski definition) is 3. The van der Waals surface area contributed by atoms with Crippen molar-refractivity contribution in [2.75, 3.05) is 0 Å². The van der Waals surface area contributed by atoms with E-state index in [1.54, 1.807) is 0 Å². The molecule has 2 rings (SSSR count). The summed E-state index contributed by atoms with van der Waals surface area (Å²) >= 11 is 5.61. The molecule has 0 saturated carbocycles. The Morgan fingerprint density at radius 1 is 1.12 bits per heavy atom. The fraction of sp³-hybridized carbons (Fsp3) is 0.231. The summed E-state index contributed by atoms with van der Waals surface area (Å²) < 4.78 is 106. The minimum Gasteiger partial charge on any atom is -0.404 e. The molecule has 0 amide bonds. The number of alkyl halides is 7. The van der Waals surface area contributed by atoms with Crippen LogP contribution in [0.4, 0.5) is 35.1 Å². The van der Waals surface area contributed by atoms with Crippen molar-refractivity contribution < 1.29 is 39.5 Å². The van der Waals surface area contributed by atoms with Crippen molar-refractivity contribution in [3.05, 3.63) is 45.4 Å². The summed E-state index contributed by atoms with van der Waals surface area (Å²) in [4.78, 5) is 14.9. The number of nitrogens with zero attached hydrogens (tertiary/aromatic N) is 1. The molecule has 0 radical (unpaired) electrons. The van der Waals surface area contributed by atoms with Crippen LogP contribution in [0.3, 0.4) is 0 Å². The quantitative estimate of drug-likeness (QED) is 0.690. The highest BCUT2D eigenvalue weighted by Gasteiger charge is 2.75. The Morgan fingerprint density at radius 3 is 2.28 bits per heavy atom. The molecular formula is C13H4ClF8NO2. The maximum absolute atomic E-state index is 13.4. The first-order valence-electron chi connectivity index (χ1n) is 6.08. The molecule has 0 unspecified atom stereocenters. The third-order valence-corrected chi connectivity index (χ3v) is 3.14. The molecule has 3 nitrogen and oxygen atoms in total. The van der Waals surface area contributed by atoms with E-state index in [1.807, 2.05) is 0 Å². The predicted molar refractivity (Wildman–Crippen MR) is 70.3 cm³/mol. The summed E-state index contributed by atoms with van der Waals surface area (Å²) in [6, 6.07) is 3.43. The number of benzene rings is 1. The lowest BCUT2D eigenvalue weighted by Gasteiger charge is -2.26. The average Bonchev–Trinajstić information content (AvgIpc) is 2.45. The number of halogens is 9. The zero-order chi connectivity index (χ0) is 19.2. The van der Waals surface area contributed by atoms with Gasteiger partial charge in [-0.25, -0.2) is 14.2 Å². The van der Waals surface area contributed by atoms with Gasteiger partial charge in [0, 0.05) is 11.1 Å². The molecule has 0 aliphatic rings.